The Morgan fingerprint density at radius 1 is 1.00 bits per heavy atom. The van der Waals surface area contributed by atoms with Crippen LogP contribution in [0.3, 0.4) is 0 Å². The van der Waals surface area contributed by atoms with E-state index >= 15 is 0 Å². The van der Waals surface area contributed by atoms with Crippen molar-refractivity contribution >= 4 is 0 Å². The van der Waals surface area contributed by atoms with Crippen LogP contribution in [0.25, 0.3) is 0 Å². The molecule has 13 heavy (non-hydrogen) atoms. The second-order valence-corrected chi connectivity index (χ2v) is 4.37. The summed E-state index contributed by atoms with van der Waals surface area (Å²) in [5.74, 6) is 6.37. The third-order valence-corrected chi connectivity index (χ3v) is 1.63. The summed E-state index contributed by atoms with van der Waals surface area (Å²) < 4.78 is 0. The van der Waals surface area contributed by atoms with Crippen LogP contribution in [0.4, 0.5) is 0 Å². The van der Waals surface area contributed by atoms with Gasteiger partial charge in [0.1, 0.15) is 0 Å². The van der Waals surface area contributed by atoms with E-state index in [1.165, 1.54) is 5.56 Å². The molecule has 0 amide bonds. The van der Waals surface area contributed by atoms with E-state index in [9.17, 15) is 0 Å². The zero-order valence-corrected chi connectivity index (χ0v) is 8.81. The second kappa shape index (κ2) is 3.66. The number of hydrogen-bond acceptors (Lipinski definition) is 0. The van der Waals surface area contributed by atoms with E-state index < -0.39 is 0 Å². The van der Waals surface area contributed by atoms with Gasteiger partial charge in [-0.3, -0.25) is 0 Å². The third kappa shape index (κ3) is 3.80. The minimum absolute atomic E-state index is 0.0882. The molecule has 0 saturated heterocycles. The summed E-state index contributed by atoms with van der Waals surface area (Å²) in [4.78, 5) is 0. The molecule has 1 aromatic carbocycles. The van der Waals surface area contributed by atoms with Crippen molar-refractivity contribution < 1.29 is 0 Å². The normalized spacial score (nSPS) is 10.5. The summed E-state index contributed by atoms with van der Waals surface area (Å²) in [5.41, 5.74) is 2.46. The fraction of sp³-hybridized carbons (Fsp3) is 0.385. The van der Waals surface area contributed by atoms with Crippen LogP contribution in [0.2, 0.25) is 0 Å². The maximum Gasteiger partial charge on any atom is 0.0245 e. The molecule has 0 unspecified atom stereocenters. The van der Waals surface area contributed by atoms with Gasteiger partial charge in [-0.1, -0.05) is 29.5 Å². The minimum atomic E-state index is 0.0882. The van der Waals surface area contributed by atoms with Crippen LogP contribution in [0.15, 0.2) is 24.3 Å². The molecule has 0 saturated carbocycles. The Balaban J connectivity index is 2.85. The summed E-state index contributed by atoms with van der Waals surface area (Å²) in [5, 5.41) is 0. The molecule has 0 heterocycles. The van der Waals surface area contributed by atoms with Crippen LogP contribution in [-0.2, 0) is 0 Å². The molecule has 0 fully saturated rings. The number of hydrogen-bond donors (Lipinski definition) is 0. The third-order valence-electron chi connectivity index (χ3n) is 1.63. The van der Waals surface area contributed by atoms with Gasteiger partial charge in [0.2, 0.25) is 0 Å². The van der Waals surface area contributed by atoms with Crippen molar-refractivity contribution in [1.29, 1.82) is 0 Å². The van der Waals surface area contributed by atoms with Gasteiger partial charge in [-0.2, -0.15) is 0 Å². The van der Waals surface area contributed by atoms with E-state index in [-0.39, 0.29) is 5.41 Å². The van der Waals surface area contributed by atoms with Gasteiger partial charge in [-0.25, -0.2) is 0 Å². The molecule has 0 aliphatic carbocycles. The highest BCUT2D eigenvalue weighted by atomic mass is 14.1. The van der Waals surface area contributed by atoms with Gasteiger partial charge in [0, 0.05) is 11.0 Å². The molecule has 0 radical (unpaired) electrons. The second-order valence-electron chi connectivity index (χ2n) is 4.37. The Labute approximate surface area is 81.0 Å². The lowest BCUT2D eigenvalue weighted by molar-refractivity contribution is 0.571. The predicted molar refractivity (Wildman–Crippen MR) is 57.5 cm³/mol. The molecule has 0 nitrogen and oxygen atoms in total. The molecular formula is C13H16. The summed E-state index contributed by atoms with van der Waals surface area (Å²) in [7, 11) is 0. The molecule has 1 rings (SSSR count). The molecule has 0 heteroatoms. The molecule has 0 spiro atoms. The molecular weight excluding hydrogens is 156 g/mol. The molecule has 0 atom stereocenters. The van der Waals surface area contributed by atoms with Crippen molar-refractivity contribution in [3.63, 3.8) is 0 Å². The lowest BCUT2D eigenvalue weighted by atomic mass is 9.97. The van der Waals surface area contributed by atoms with Gasteiger partial charge in [0.25, 0.3) is 0 Å². The topological polar surface area (TPSA) is 0 Å². The van der Waals surface area contributed by atoms with E-state index in [1.807, 2.05) is 0 Å². The fourth-order valence-electron chi connectivity index (χ4n) is 0.897. The number of rotatable bonds is 0. The van der Waals surface area contributed by atoms with E-state index in [0.29, 0.717) is 0 Å². The molecule has 0 aliphatic heterocycles. The van der Waals surface area contributed by atoms with Crippen molar-refractivity contribution in [3.8, 4) is 11.8 Å². The average Bonchev–Trinajstić information content (AvgIpc) is 2.02. The standard InChI is InChI=1S/C13H16/c1-11-5-7-12(8-6-11)9-10-13(2,3)4/h5-8H,1-4H3. The van der Waals surface area contributed by atoms with Crippen molar-refractivity contribution in [3.05, 3.63) is 35.4 Å². The van der Waals surface area contributed by atoms with Crippen molar-refractivity contribution in [1.82, 2.24) is 0 Å². The van der Waals surface area contributed by atoms with E-state index in [2.05, 4.69) is 63.8 Å². The SMILES string of the molecule is Cc1ccc(C#CC(C)(C)C)cc1. The van der Waals surface area contributed by atoms with Gasteiger partial charge in [0.05, 0.1) is 0 Å². The van der Waals surface area contributed by atoms with Crippen LogP contribution in [-0.4, -0.2) is 0 Å². The van der Waals surface area contributed by atoms with Crippen LogP contribution in [0.5, 0.6) is 0 Å². The molecule has 68 valence electrons. The van der Waals surface area contributed by atoms with Crippen LogP contribution >= 0.6 is 0 Å². The van der Waals surface area contributed by atoms with Gasteiger partial charge in [-0.15, -0.1) is 0 Å². The maximum atomic E-state index is 3.21. The Hall–Kier alpha value is -1.22. The van der Waals surface area contributed by atoms with Crippen LogP contribution in [0, 0.1) is 24.2 Å². The highest BCUT2D eigenvalue weighted by Crippen LogP contribution is 2.11. The smallest absolute Gasteiger partial charge is 0.0245 e. The lowest BCUT2D eigenvalue weighted by Gasteiger charge is -2.06. The zero-order valence-electron chi connectivity index (χ0n) is 8.81. The molecule has 0 N–H and O–H groups in total. The quantitative estimate of drug-likeness (QED) is 0.526. The largest absolute Gasteiger partial charge is 0.0920 e. The molecule has 1 aromatic rings. The summed E-state index contributed by atoms with van der Waals surface area (Å²) in [6.45, 7) is 8.44. The first-order valence-corrected chi connectivity index (χ1v) is 4.57. The predicted octanol–water partition coefficient (Wildman–Crippen LogP) is 3.39. The summed E-state index contributed by atoms with van der Waals surface area (Å²) >= 11 is 0. The highest BCUT2D eigenvalue weighted by molar-refractivity contribution is 5.36. The van der Waals surface area contributed by atoms with Crippen molar-refractivity contribution in [2.24, 2.45) is 5.41 Å². The lowest BCUT2D eigenvalue weighted by Crippen LogP contribution is -1.99. The van der Waals surface area contributed by atoms with E-state index in [0.717, 1.165) is 5.56 Å². The van der Waals surface area contributed by atoms with Crippen molar-refractivity contribution in [2.45, 2.75) is 27.7 Å². The zero-order chi connectivity index (χ0) is 9.90. The monoisotopic (exact) mass is 172 g/mol. The first-order chi connectivity index (χ1) is 5.97. The van der Waals surface area contributed by atoms with Crippen LogP contribution in [0.1, 0.15) is 31.9 Å². The summed E-state index contributed by atoms with van der Waals surface area (Å²) in [6.07, 6.45) is 0. The molecule has 0 aromatic heterocycles. The minimum Gasteiger partial charge on any atom is -0.0920 e. The first kappa shape index (κ1) is 9.86. The average molecular weight is 172 g/mol. The number of benzene rings is 1. The molecule has 0 bridgehead atoms. The van der Waals surface area contributed by atoms with Crippen LogP contribution < -0.4 is 0 Å². The molecule has 0 aliphatic rings. The highest BCUT2D eigenvalue weighted by Gasteiger charge is 2.02. The summed E-state index contributed by atoms with van der Waals surface area (Å²) in [6, 6.07) is 8.31. The van der Waals surface area contributed by atoms with Gasteiger partial charge in [-0.05, 0) is 39.8 Å². The fourth-order valence-corrected chi connectivity index (χ4v) is 0.897. The first-order valence-electron chi connectivity index (χ1n) is 4.57. The van der Waals surface area contributed by atoms with Gasteiger partial charge in [0.15, 0.2) is 0 Å². The van der Waals surface area contributed by atoms with Gasteiger partial charge >= 0.3 is 0 Å². The Morgan fingerprint density at radius 2 is 1.54 bits per heavy atom. The maximum absolute atomic E-state index is 3.21. The number of aryl methyl sites for hydroxylation is 1. The Bertz CT molecular complexity index is 325. The van der Waals surface area contributed by atoms with Gasteiger partial charge < -0.3 is 0 Å². The Kier molecular flexibility index (Phi) is 2.78. The van der Waals surface area contributed by atoms with E-state index in [4.69, 9.17) is 0 Å². The van der Waals surface area contributed by atoms with Crippen molar-refractivity contribution in [2.75, 3.05) is 0 Å². The Morgan fingerprint density at radius 3 is 2.00 bits per heavy atom. The van der Waals surface area contributed by atoms with E-state index in [1.54, 1.807) is 0 Å².